The van der Waals surface area contributed by atoms with Crippen molar-refractivity contribution in [2.45, 2.75) is 12.8 Å². The second-order valence-corrected chi connectivity index (χ2v) is 3.91. The molecule has 0 aliphatic heterocycles. The Morgan fingerprint density at radius 3 is 2.75 bits per heavy atom. The lowest BCUT2D eigenvalue weighted by molar-refractivity contribution is 0.172. The van der Waals surface area contributed by atoms with E-state index in [0.29, 0.717) is 24.8 Å². The summed E-state index contributed by atoms with van der Waals surface area (Å²) in [6, 6.07) is 5.78. The molecular weight excluding hydrogens is 226 g/mol. The first-order chi connectivity index (χ1) is 7.77. The Labute approximate surface area is 101 Å². The van der Waals surface area contributed by atoms with Gasteiger partial charge in [-0.25, -0.2) is 0 Å². The Hall–Kier alpha value is -0.770. The number of nitrogens with two attached hydrogens (primary N) is 1. The van der Waals surface area contributed by atoms with E-state index in [1.165, 1.54) is 0 Å². The standard InChI is InChI=1S/C12H18ClNO2/c1-15-7-2-8-16-12-4-3-10(5-6-14)9-11(12)13/h3-4,9H,2,5-8,14H2,1H3. The van der Waals surface area contributed by atoms with E-state index in [4.69, 9.17) is 26.8 Å². The molecule has 0 fully saturated rings. The maximum absolute atomic E-state index is 6.08. The van der Waals surface area contributed by atoms with Crippen LogP contribution in [-0.2, 0) is 11.2 Å². The maximum atomic E-state index is 6.08. The molecule has 0 aliphatic rings. The second-order valence-electron chi connectivity index (χ2n) is 3.50. The van der Waals surface area contributed by atoms with Crippen molar-refractivity contribution >= 4 is 11.6 Å². The lowest BCUT2D eigenvalue weighted by Crippen LogP contribution is -2.04. The average molecular weight is 244 g/mol. The average Bonchev–Trinajstić information content (AvgIpc) is 2.27. The van der Waals surface area contributed by atoms with Crippen molar-refractivity contribution in [2.75, 3.05) is 26.9 Å². The highest BCUT2D eigenvalue weighted by Gasteiger charge is 2.02. The Morgan fingerprint density at radius 2 is 2.12 bits per heavy atom. The molecule has 1 rings (SSSR count). The minimum Gasteiger partial charge on any atom is -0.492 e. The van der Waals surface area contributed by atoms with Crippen LogP contribution in [0.1, 0.15) is 12.0 Å². The van der Waals surface area contributed by atoms with Crippen LogP contribution in [0.15, 0.2) is 18.2 Å². The minimum atomic E-state index is 0.615. The highest BCUT2D eigenvalue weighted by Crippen LogP contribution is 2.25. The van der Waals surface area contributed by atoms with Gasteiger partial charge in [0.1, 0.15) is 5.75 Å². The zero-order valence-electron chi connectivity index (χ0n) is 9.54. The van der Waals surface area contributed by atoms with Gasteiger partial charge < -0.3 is 15.2 Å². The fourth-order valence-electron chi connectivity index (χ4n) is 1.37. The molecule has 1 aromatic carbocycles. The Bertz CT molecular complexity index is 318. The van der Waals surface area contributed by atoms with Crippen molar-refractivity contribution in [3.05, 3.63) is 28.8 Å². The summed E-state index contributed by atoms with van der Waals surface area (Å²) >= 11 is 6.08. The van der Waals surface area contributed by atoms with Crippen LogP contribution in [0.4, 0.5) is 0 Å². The third-order valence-corrected chi connectivity index (χ3v) is 2.48. The number of methoxy groups -OCH3 is 1. The molecule has 0 heterocycles. The minimum absolute atomic E-state index is 0.615. The van der Waals surface area contributed by atoms with Crippen LogP contribution in [-0.4, -0.2) is 26.9 Å². The first kappa shape index (κ1) is 13.3. The molecule has 16 heavy (non-hydrogen) atoms. The summed E-state index contributed by atoms with van der Waals surface area (Å²) in [6.07, 6.45) is 1.70. The monoisotopic (exact) mass is 243 g/mol. The van der Waals surface area contributed by atoms with Gasteiger partial charge in [-0.2, -0.15) is 0 Å². The van der Waals surface area contributed by atoms with Gasteiger partial charge in [-0.05, 0) is 30.7 Å². The van der Waals surface area contributed by atoms with Crippen molar-refractivity contribution in [1.29, 1.82) is 0 Å². The van der Waals surface area contributed by atoms with Gasteiger partial charge in [-0.15, -0.1) is 0 Å². The van der Waals surface area contributed by atoms with E-state index < -0.39 is 0 Å². The smallest absolute Gasteiger partial charge is 0.137 e. The normalized spacial score (nSPS) is 10.4. The lowest BCUT2D eigenvalue weighted by Gasteiger charge is -2.09. The fourth-order valence-corrected chi connectivity index (χ4v) is 1.63. The second kappa shape index (κ2) is 7.49. The van der Waals surface area contributed by atoms with Gasteiger partial charge >= 0.3 is 0 Å². The lowest BCUT2D eigenvalue weighted by atomic mass is 10.1. The third kappa shape index (κ3) is 4.39. The fraction of sp³-hybridized carbons (Fsp3) is 0.500. The molecule has 0 aromatic heterocycles. The zero-order chi connectivity index (χ0) is 11.8. The highest BCUT2D eigenvalue weighted by atomic mass is 35.5. The van der Waals surface area contributed by atoms with E-state index in [0.717, 1.165) is 24.2 Å². The Balaban J connectivity index is 2.47. The number of benzene rings is 1. The molecule has 0 unspecified atom stereocenters. The SMILES string of the molecule is COCCCOc1ccc(CCN)cc1Cl. The van der Waals surface area contributed by atoms with Gasteiger partial charge in [-0.1, -0.05) is 17.7 Å². The third-order valence-electron chi connectivity index (χ3n) is 2.18. The Morgan fingerprint density at radius 1 is 1.31 bits per heavy atom. The molecule has 2 N–H and O–H groups in total. The summed E-state index contributed by atoms with van der Waals surface area (Å²) in [5.41, 5.74) is 6.61. The van der Waals surface area contributed by atoms with Crippen LogP contribution in [0, 0.1) is 0 Å². The summed E-state index contributed by atoms with van der Waals surface area (Å²) in [4.78, 5) is 0. The van der Waals surface area contributed by atoms with Crippen LogP contribution < -0.4 is 10.5 Å². The molecule has 0 atom stereocenters. The summed E-state index contributed by atoms with van der Waals surface area (Å²) in [6.45, 7) is 1.94. The van der Waals surface area contributed by atoms with Crippen LogP contribution in [0.5, 0.6) is 5.75 Å². The number of ether oxygens (including phenoxy) is 2. The van der Waals surface area contributed by atoms with Gasteiger partial charge in [0.05, 0.1) is 11.6 Å². The van der Waals surface area contributed by atoms with Crippen molar-refractivity contribution in [3.63, 3.8) is 0 Å². The summed E-state index contributed by atoms with van der Waals surface area (Å²) in [5.74, 6) is 0.721. The molecular formula is C12H18ClNO2. The molecule has 0 saturated heterocycles. The number of hydrogen-bond acceptors (Lipinski definition) is 3. The predicted molar refractivity (Wildman–Crippen MR) is 66.2 cm³/mol. The van der Waals surface area contributed by atoms with Gasteiger partial charge in [0, 0.05) is 20.1 Å². The van der Waals surface area contributed by atoms with E-state index in [-0.39, 0.29) is 0 Å². The largest absolute Gasteiger partial charge is 0.492 e. The van der Waals surface area contributed by atoms with E-state index >= 15 is 0 Å². The zero-order valence-corrected chi connectivity index (χ0v) is 10.3. The summed E-state index contributed by atoms with van der Waals surface area (Å²) in [7, 11) is 1.68. The molecule has 1 aromatic rings. The van der Waals surface area contributed by atoms with Crippen LogP contribution >= 0.6 is 11.6 Å². The number of halogens is 1. The van der Waals surface area contributed by atoms with E-state index in [9.17, 15) is 0 Å². The molecule has 0 spiro atoms. The number of hydrogen-bond donors (Lipinski definition) is 1. The first-order valence-electron chi connectivity index (χ1n) is 5.38. The van der Waals surface area contributed by atoms with Gasteiger partial charge in [-0.3, -0.25) is 0 Å². The molecule has 90 valence electrons. The molecule has 0 amide bonds. The van der Waals surface area contributed by atoms with Gasteiger partial charge in [0.2, 0.25) is 0 Å². The van der Waals surface area contributed by atoms with Gasteiger partial charge in [0.25, 0.3) is 0 Å². The summed E-state index contributed by atoms with van der Waals surface area (Å²) in [5, 5.41) is 0.642. The molecule has 4 heteroatoms. The van der Waals surface area contributed by atoms with Crippen molar-refractivity contribution in [3.8, 4) is 5.75 Å². The highest BCUT2D eigenvalue weighted by molar-refractivity contribution is 6.32. The molecule has 0 aliphatic carbocycles. The van der Waals surface area contributed by atoms with Crippen molar-refractivity contribution < 1.29 is 9.47 Å². The van der Waals surface area contributed by atoms with E-state index in [1.54, 1.807) is 7.11 Å². The Kier molecular flexibility index (Phi) is 6.23. The molecule has 0 radical (unpaired) electrons. The van der Waals surface area contributed by atoms with Crippen molar-refractivity contribution in [2.24, 2.45) is 5.73 Å². The van der Waals surface area contributed by atoms with E-state index in [1.807, 2.05) is 18.2 Å². The maximum Gasteiger partial charge on any atom is 0.137 e. The quantitative estimate of drug-likeness (QED) is 0.748. The summed E-state index contributed by atoms with van der Waals surface area (Å²) < 4.78 is 10.5. The van der Waals surface area contributed by atoms with Crippen LogP contribution in [0.25, 0.3) is 0 Å². The number of rotatable bonds is 7. The van der Waals surface area contributed by atoms with Crippen molar-refractivity contribution in [1.82, 2.24) is 0 Å². The molecule has 3 nitrogen and oxygen atoms in total. The predicted octanol–water partition coefficient (Wildman–Crippen LogP) is 2.26. The topological polar surface area (TPSA) is 44.5 Å². The molecule has 0 saturated carbocycles. The van der Waals surface area contributed by atoms with E-state index in [2.05, 4.69) is 0 Å². The van der Waals surface area contributed by atoms with Crippen LogP contribution in [0.2, 0.25) is 5.02 Å². The first-order valence-corrected chi connectivity index (χ1v) is 5.76. The molecule has 0 bridgehead atoms. The van der Waals surface area contributed by atoms with Gasteiger partial charge in [0.15, 0.2) is 0 Å². The van der Waals surface area contributed by atoms with Crippen LogP contribution in [0.3, 0.4) is 0 Å².